The highest BCUT2D eigenvalue weighted by atomic mass is 32.2. The molecule has 0 unspecified atom stereocenters. The number of rotatable bonds is 6. The van der Waals surface area contributed by atoms with E-state index in [2.05, 4.69) is 30.0 Å². The van der Waals surface area contributed by atoms with Crippen molar-refractivity contribution in [3.63, 3.8) is 0 Å². The lowest BCUT2D eigenvalue weighted by atomic mass is 10.0. The van der Waals surface area contributed by atoms with Crippen LogP contribution in [0, 0.1) is 5.82 Å². The molecule has 0 saturated carbocycles. The minimum Gasteiger partial charge on any atom is -0.335 e. The van der Waals surface area contributed by atoms with Gasteiger partial charge >= 0.3 is 0 Å². The van der Waals surface area contributed by atoms with Gasteiger partial charge in [0.25, 0.3) is 0 Å². The van der Waals surface area contributed by atoms with Crippen molar-refractivity contribution >= 4 is 32.1 Å². The van der Waals surface area contributed by atoms with Gasteiger partial charge in [-0.25, -0.2) is 27.5 Å². The van der Waals surface area contributed by atoms with E-state index in [0.717, 1.165) is 23.0 Å². The van der Waals surface area contributed by atoms with Crippen LogP contribution in [-0.2, 0) is 23.6 Å². The van der Waals surface area contributed by atoms with Gasteiger partial charge in [-0.15, -0.1) is 0 Å². The lowest BCUT2D eigenvalue weighted by Crippen LogP contribution is -2.21. The number of fused-ring (bicyclic) bond motifs is 2. The van der Waals surface area contributed by atoms with Crippen LogP contribution < -0.4 is 4.72 Å². The van der Waals surface area contributed by atoms with E-state index in [1.807, 2.05) is 25.4 Å². The number of benzene rings is 1. The van der Waals surface area contributed by atoms with Crippen molar-refractivity contribution in [1.29, 1.82) is 0 Å². The van der Waals surface area contributed by atoms with E-state index in [0.29, 0.717) is 44.8 Å². The summed E-state index contributed by atoms with van der Waals surface area (Å²) in [4.78, 5) is 17.1. The molecule has 0 aliphatic heterocycles. The largest absolute Gasteiger partial charge is 0.335 e. The molecule has 6 aromatic rings. The van der Waals surface area contributed by atoms with Crippen LogP contribution in [0.4, 0.5) is 4.39 Å². The summed E-state index contributed by atoms with van der Waals surface area (Å²) in [6.45, 7) is -0.0387. The first kappa shape index (κ1) is 22.9. The second-order valence-electron chi connectivity index (χ2n) is 8.68. The van der Waals surface area contributed by atoms with Crippen molar-refractivity contribution in [3.05, 3.63) is 66.5 Å². The predicted molar refractivity (Wildman–Crippen MR) is 136 cm³/mol. The van der Waals surface area contributed by atoms with Crippen LogP contribution in [0.5, 0.6) is 0 Å². The number of nitrogens with zero attached hydrogens (tertiary/aromatic N) is 6. The molecule has 5 aromatic heterocycles. The van der Waals surface area contributed by atoms with Crippen molar-refractivity contribution in [2.24, 2.45) is 7.05 Å². The number of hydrogen-bond acceptors (Lipinski definition) is 7. The Hall–Kier alpha value is -4.49. The van der Waals surface area contributed by atoms with E-state index in [1.54, 1.807) is 29.3 Å². The van der Waals surface area contributed by atoms with Gasteiger partial charge < -0.3 is 4.98 Å². The van der Waals surface area contributed by atoms with Crippen LogP contribution in [0.1, 0.15) is 5.56 Å². The maximum atomic E-state index is 14.5. The van der Waals surface area contributed by atoms with Gasteiger partial charge in [0.05, 0.1) is 40.9 Å². The van der Waals surface area contributed by atoms with E-state index in [-0.39, 0.29) is 6.54 Å². The van der Waals surface area contributed by atoms with Crippen LogP contribution in [0.3, 0.4) is 0 Å². The number of hydrogen-bond donors (Lipinski definition) is 3. The average Bonchev–Trinajstić information content (AvgIpc) is 3.58. The zero-order valence-electron chi connectivity index (χ0n) is 19.7. The third-order valence-corrected chi connectivity index (χ3v) is 6.50. The second kappa shape index (κ2) is 8.57. The summed E-state index contributed by atoms with van der Waals surface area (Å²) in [5.41, 5.74) is 6.30. The van der Waals surface area contributed by atoms with Gasteiger partial charge in [-0.1, -0.05) is 0 Å². The molecule has 37 heavy (non-hydrogen) atoms. The maximum absolute atomic E-state index is 14.5. The van der Waals surface area contributed by atoms with Crippen LogP contribution in [0.15, 0.2) is 55.1 Å². The molecule has 6 rings (SSSR count). The fraction of sp³-hybridized carbons (Fsp3) is 0.125. The molecule has 0 radical (unpaired) electrons. The molecule has 1 aromatic carbocycles. The molecule has 5 heterocycles. The summed E-state index contributed by atoms with van der Waals surface area (Å²) in [7, 11) is -1.59. The molecule has 0 fully saturated rings. The summed E-state index contributed by atoms with van der Waals surface area (Å²) in [6, 6.07) is 8.14. The summed E-state index contributed by atoms with van der Waals surface area (Å²) in [6.07, 6.45) is 7.90. The molecular weight excluding hydrogens is 497 g/mol. The first-order valence-corrected chi connectivity index (χ1v) is 13.1. The number of aromatic amines is 2. The van der Waals surface area contributed by atoms with Crippen molar-refractivity contribution in [2.75, 3.05) is 6.26 Å². The average molecular weight is 518 g/mol. The fourth-order valence-electron chi connectivity index (χ4n) is 4.16. The quantitative estimate of drug-likeness (QED) is 0.307. The Morgan fingerprint density at radius 3 is 2.68 bits per heavy atom. The first-order chi connectivity index (χ1) is 17.7. The lowest BCUT2D eigenvalue weighted by Gasteiger charge is -2.07. The number of halogens is 1. The predicted octanol–water partition coefficient (Wildman–Crippen LogP) is 3.15. The molecule has 186 valence electrons. The van der Waals surface area contributed by atoms with Crippen molar-refractivity contribution in [3.8, 4) is 33.9 Å². The molecule has 0 aliphatic carbocycles. The molecule has 0 bridgehead atoms. The number of imidazole rings is 1. The summed E-state index contributed by atoms with van der Waals surface area (Å²) in [5, 5.41) is 11.6. The van der Waals surface area contributed by atoms with Crippen molar-refractivity contribution in [2.45, 2.75) is 6.54 Å². The number of aryl methyl sites for hydroxylation is 1. The molecule has 0 saturated heterocycles. The minimum absolute atomic E-state index is 0.0387. The van der Waals surface area contributed by atoms with E-state index in [9.17, 15) is 12.8 Å². The molecule has 13 heteroatoms. The van der Waals surface area contributed by atoms with Gasteiger partial charge in [-0.2, -0.15) is 10.2 Å². The summed E-state index contributed by atoms with van der Waals surface area (Å²) < 4.78 is 41.5. The SMILES string of the molecule is Cn1cc(-c2ccc3[nH]nc(-c4nc5c(-c6cc(F)cc(CNS(C)(=O)=O)c6)cncc5[nH]4)c3n2)cn1. The van der Waals surface area contributed by atoms with Crippen molar-refractivity contribution in [1.82, 2.24) is 44.6 Å². The molecular formula is C24H20FN9O2S. The van der Waals surface area contributed by atoms with Gasteiger partial charge in [-0.05, 0) is 41.5 Å². The Morgan fingerprint density at radius 1 is 1.03 bits per heavy atom. The Bertz CT molecular complexity index is 1910. The lowest BCUT2D eigenvalue weighted by molar-refractivity contribution is 0.586. The van der Waals surface area contributed by atoms with E-state index >= 15 is 0 Å². The van der Waals surface area contributed by atoms with Crippen LogP contribution in [0.25, 0.3) is 56.0 Å². The molecule has 3 N–H and O–H groups in total. The molecule has 0 spiro atoms. The Labute approximate surface area is 209 Å². The fourth-order valence-corrected chi connectivity index (χ4v) is 4.59. The maximum Gasteiger partial charge on any atom is 0.209 e. The topological polar surface area (TPSA) is 147 Å². The van der Waals surface area contributed by atoms with Gasteiger partial charge in [0.2, 0.25) is 10.0 Å². The van der Waals surface area contributed by atoms with Gasteiger partial charge in [0.15, 0.2) is 11.5 Å². The third-order valence-electron chi connectivity index (χ3n) is 5.83. The number of sulfonamides is 1. The monoisotopic (exact) mass is 517 g/mol. The Kier molecular flexibility index (Phi) is 5.31. The molecule has 0 aliphatic rings. The normalized spacial score (nSPS) is 12.1. The minimum atomic E-state index is -3.43. The molecule has 0 atom stereocenters. The second-order valence-corrected chi connectivity index (χ2v) is 10.5. The number of nitrogens with one attached hydrogen (secondary N) is 3. The highest BCUT2D eigenvalue weighted by molar-refractivity contribution is 7.88. The first-order valence-electron chi connectivity index (χ1n) is 11.2. The zero-order valence-corrected chi connectivity index (χ0v) is 20.5. The van der Waals surface area contributed by atoms with Crippen LogP contribution in [0.2, 0.25) is 0 Å². The third kappa shape index (κ3) is 4.45. The van der Waals surface area contributed by atoms with Gasteiger partial charge in [0, 0.05) is 37.1 Å². The summed E-state index contributed by atoms with van der Waals surface area (Å²) >= 11 is 0. The van der Waals surface area contributed by atoms with E-state index < -0.39 is 15.8 Å². The molecule has 0 amide bonds. The van der Waals surface area contributed by atoms with Gasteiger partial charge in [-0.3, -0.25) is 14.8 Å². The van der Waals surface area contributed by atoms with E-state index in [4.69, 9.17) is 9.97 Å². The Morgan fingerprint density at radius 2 is 1.89 bits per heavy atom. The van der Waals surface area contributed by atoms with Crippen LogP contribution in [-0.4, -0.2) is 54.6 Å². The zero-order chi connectivity index (χ0) is 25.7. The van der Waals surface area contributed by atoms with Crippen LogP contribution >= 0.6 is 0 Å². The molecule has 11 nitrogen and oxygen atoms in total. The highest BCUT2D eigenvalue weighted by Crippen LogP contribution is 2.32. The van der Waals surface area contributed by atoms with Gasteiger partial charge in [0.1, 0.15) is 11.3 Å². The smallest absolute Gasteiger partial charge is 0.209 e. The van der Waals surface area contributed by atoms with E-state index in [1.165, 1.54) is 12.1 Å². The summed E-state index contributed by atoms with van der Waals surface area (Å²) in [5.74, 6) is -0.0253. The Balaban J connectivity index is 1.43. The van der Waals surface area contributed by atoms with Crippen molar-refractivity contribution < 1.29 is 12.8 Å². The number of aromatic nitrogens is 8. The highest BCUT2D eigenvalue weighted by Gasteiger charge is 2.18. The number of H-pyrrole nitrogens is 2. The standard InChI is InChI=1S/C24H20FN9O2S/c1-34-12-15(9-27-34)18-3-4-19-22(29-18)23(33-32-19)24-30-20-11-26-10-17(21(20)31-24)14-5-13(6-16(25)7-14)8-28-37(2,35)36/h3-7,9-12,28H,8H2,1-2H3,(H,30,31)(H,32,33). The number of pyridine rings is 2.